The summed E-state index contributed by atoms with van der Waals surface area (Å²) in [5, 5.41) is 9.35. The Balaban J connectivity index is 1.56. The van der Waals surface area contributed by atoms with Crippen molar-refractivity contribution in [1.82, 2.24) is 19.5 Å². The third-order valence-electron chi connectivity index (χ3n) is 5.00. The average Bonchev–Trinajstić information content (AvgIpc) is 3.22. The Morgan fingerprint density at radius 3 is 3.08 bits per heavy atom. The Hall–Kier alpha value is -2.02. The summed E-state index contributed by atoms with van der Waals surface area (Å²) in [6.07, 6.45) is 6.16. The van der Waals surface area contributed by atoms with Crippen LogP contribution in [0.25, 0.3) is 16.6 Å². The van der Waals surface area contributed by atoms with Gasteiger partial charge in [-0.15, -0.1) is 10.2 Å². The summed E-state index contributed by atoms with van der Waals surface area (Å²) in [5.74, 6) is 1.41. The fraction of sp³-hybridized carbons (Fsp3) is 0.500. The molecule has 4 rings (SSSR count). The first-order chi connectivity index (χ1) is 12.2. The quantitative estimate of drug-likeness (QED) is 0.666. The molecule has 3 aromatic heterocycles. The molecule has 1 unspecified atom stereocenters. The van der Waals surface area contributed by atoms with E-state index in [1.807, 2.05) is 23.5 Å². The molecule has 3 aromatic rings. The number of furan rings is 1. The van der Waals surface area contributed by atoms with Gasteiger partial charge in [0.25, 0.3) is 0 Å². The maximum absolute atomic E-state index is 12.7. The smallest absolute Gasteiger partial charge is 0.233 e. The number of thioether (sulfide) groups is 1. The molecule has 0 spiro atoms. The Morgan fingerprint density at radius 2 is 2.24 bits per heavy atom. The van der Waals surface area contributed by atoms with Crippen molar-refractivity contribution in [2.75, 3.05) is 12.3 Å². The molecule has 1 aliphatic heterocycles. The molecule has 4 heterocycles. The molecular formula is C18H22N4O2S. The number of aromatic nitrogens is 3. The number of aryl methyl sites for hydroxylation is 1. The topological polar surface area (TPSA) is 63.6 Å². The summed E-state index contributed by atoms with van der Waals surface area (Å²) in [5.41, 5.74) is 2.75. The molecule has 0 N–H and O–H groups in total. The van der Waals surface area contributed by atoms with Crippen molar-refractivity contribution in [1.29, 1.82) is 0 Å². The minimum atomic E-state index is 0.201. The van der Waals surface area contributed by atoms with E-state index in [-0.39, 0.29) is 5.91 Å². The van der Waals surface area contributed by atoms with Crippen LogP contribution in [0.2, 0.25) is 0 Å². The molecule has 1 saturated heterocycles. The summed E-state index contributed by atoms with van der Waals surface area (Å²) in [7, 11) is 0. The van der Waals surface area contributed by atoms with Gasteiger partial charge >= 0.3 is 0 Å². The van der Waals surface area contributed by atoms with Gasteiger partial charge in [-0.3, -0.25) is 9.20 Å². The van der Waals surface area contributed by atoms with E-state index in [0.717, 1.165) is 53.3 Å². The van der Waals surface area contributed by atoms with Crippen LogP contribution in [0.4, 0.5) is 0 Å². The SMILES string of the molecule is CCC1CCCCN1C(=O)CSc1nnc(C)n2c1cc1occc12. The fourth-order valence-electron chi connectivity index (χ4n) is 3.71. The van der Waals surface area contributed by atoms with Crippen LogP contribution in [-0.4, -0.2) is 43.7 Å². The first kappa shape index (κ1) is 16.4. The molecule has 6 nitrogen and oxygen atoms in total. The second-order valence-corrected chi connectivity index (χ2v) is 7.49. The summed E-state index contributed by atoms with van der Waals surface area (Å²) in [4.78, 5) is 14.8. The van der Waals surface area contributed by atoms with E-state index in [1.165, 1.54) is 18.2 Å². The molecular weight excluding hydrogens is 336 g/mol. The second-order valence-electron chi connectivity index (χ2n) is 6.52. The van der Waals surface area contributed by atoms with E-state index in [0.29, 0.717) is 11.8 Å². The lowest BCUT2D eigenvalue weighted by Gasteiger charge is -2.35. The van der Waals surface area contributed by atoms with Crippen LogP contribution in [0.5, 0.6) is 0 Å². The molecule has 1 aliphatic rings. The molecule has 25 heavy (non-hydrogen) atoms. The van der Waals surface area contributed by atoms with Gasteiger partial charge in [0.05, 0.1) is 23.0 Å². The highest BCUT2D eigenvalue weighted by Crippen LogP contribution is 2.29. The van der Waals surface area contributed by atoms with E-state index >= 15 is 0 Å². The monoisotopic (exact) mass is 358 g/mol. The zero-order valence-corrected chi connectivity index (χ0v) is 15.4. The molecule has 1 amide bonds. The van der Waals surface area contributed by atoms with Gasteiger partial charge in [0, 0.05) is 24.7 Å². The average molecular weight is 358 g/mol. The Kier molecular flexibility index (Phi) is 4.41. The zero-order valence-electron chi connectivity index (χ0n) is 14.6. The van der Waals surface area contributed by atoms with Gasteiger partial charge in [-0.1, -0.05) is 18.7 Å². The van der Waals surface area contributed by atoms with Crippen LogP contribution in [0, 0.1) is 6.92 Å². The van der Waals surface area contributed by atoms with E-state index in [2.05, 4.69) is 22.0 Å². The van der Waals surface area contributed by atoms with Crippen molar-refractivity contribution < 1.29 is 9.21 Å². The number of fused-ring (bicyclic) bond motifs is 3. The summed E-state index contributed by atoms with van der Waals surface area (Å²) < 4.78 is 7.54. The van der Waals surface area contributed by atoms with Crippen LogP contribution < -0.4 is 0 Å². The van der Waals surface area contributed by atoms with Crippen molar-refractivity contribution in [2.24, 2.45) is 0 Å². The number of carbonyl (C=O) groups excluding carboxylic acids is 1. The number of piperidine rings is 1. The van der Waals surface area contributed by atoms with Crippen LogP contribution in [0.15, 0.2) is 27.8 Å². The van der Waals surface area contributed by atoms with Gasteiger partial charge in [0.1, 0.15) is 10.9 Å². The highest BCUT2D eigenvalue weighted by molar-refractivity contribution is 8.00. The molecule has 132 valence electrons. The molecule has 0 radical (unpaired) electrons. The second kappa shape index (κ2) is 6.71. The molecule has 1 fully saturated rings. The first-order valence-electron chi connectivity index (χ1n) is 8.83. The lowest BCUT2D eigenvalue weighted by molar-refractivity contribution is -0.132. The summed E-state index contributed by atoms with van der Waals surface area (Å²) >= 11 is 1.46. The van der Waals surface area contributed by atoms with E-state index < -0.39 is 0 Å². The maximum Gasteiger partial charge on any atom is 0.233 e. The lowest BCUT2D eigenvalue weighted by Crippen LogP contribution is -2.44. The van der Waals surface area contributed by atoms with Gasteiger partial charge in [-0.2, -0.15) is 0 Å². The Labute approximate surface area is 150 Å². The van der Waals surface area contributed by atoms with Gasteiger partial charge in [-0.25, -0.2) is 0 Å². The highest BCUT2D eigenvalue weighted by atomic mass is 32.2. The summed E-state index contributed by atoms with van der Waals surface area (Å²) in [6.45, 7) is 4.96. The third-order valence-corrected chi connectivity index (χ3v) is 5.96. The van der Waals surface area contributed by atoms with Crippen molar-refractivity contribution in [3.8, 4) is 0 Å². The predicted molar refractivity (Wildman–Crippen MR) is 97.9 cm³/mol. The van der Waals surface area contributed by atoms with E-state index in [9.17, 15) is 4.79 Å². The maximum atomic E-state index is 12.7. The molecule has 0 bridgehead atoms. The van der Waals surface area contributed by atoms with E-state index in [1.54, 1.807) is 6.26 Å². The number of amides is 1. The van der Waals surface area contributed by atoms with Crippen molar-refractivity contribution in [2.45, 2.75) is 50.6 Å². The largest absolute Gasteiger partial charge is 0.463 e. The van der Waals surface area contributed by atoms with Crippen LogP contribution in [-0.2, 0) is 4.79 Å². The van der Waals surface area contributed by atoms with Gasteiger partial charge in [0.2, 0.25) is 5.91 Å². The molecule has 0 saturated carbocycles. The van der Waals surface area contributed by atoms with Crippen molar-refractivity contribution in [3.05, 3.63) is 24.2 Å². The van der Waals surface area contributed by atoms with Gasteiger partial charge in [-0.05, 0) is 32.6 Å². The number of rotatable bonds is 4. The molecule has 0 aromatic carbocycles. The fourth-order valence-corrected chi connectivity index (χ4v) is 4.54. The predicted octanol–water partition coefficient (Wildman–Crippen LogP) is 3.67. The Bertz CT molecular complexity index is 916. The standard InChI is InChI=1S/C18H22N4O2S/c1-3-13-6-4-5-8-21(13)17(23)11-25-18-15-10-16-14(7-9-24-16)22(15)12(2)19-20-18/h7,9-10,13H,3-6,8,11H2,1-2H3. The zero-order chi connectivity index (χ0) is 17.4. The van der Waals surface area contributed by atoms with Crippen molar-refractivity contribution >= 4 is 34.3 Å². The number of hydrogen-bond donors (Lipinski definition) is 0. The number of nitrogens with zero attached hydrogens (tertiary/aromatic N) is 4. The van der Waals surface area contributed by atoms with Gasteiger partial charge < -0.3 is 9.32 Å². The highest BCUT2D eigenvalue weighted by Gasteiger charge is 2.25. The summed E-state index contributed by atoms with van der Waals surface area (Å²) in [6, 6.07) is 4.29. The minimum absolute atomic E-state index is 0.201. The Morgan fingerprint density at radius 1 is 1.36 bits per heavy atom. The van der Waals surface area contributed by atoms with Gasteiger partial charge in [0.15, 0.2) is 5.58 Å². The third kappa shape index (κ3) is 2.90. The van der Waals surface area contributed by atoms with Crippen LogP contribution in [0.1, 0.15) is 38.4 Å². The van der Waals surface area contributed by atoms with Crippen LogP contribution >= 0.6 is 11.8 Å². The normalized spacial score (nSPS) is 18.3. The molecule has 7 heteroatoms. The van der Waals surface area contributed by atoms with Crippen LogP contribution in [0.3, 0.4) is 0 Å². The molecule has 0 aliphatic carbocycles. The van der Waals surface area contributed by atoms with E-state index in [4.69, 9.17) is 4.42 Å². The lowest BCUT2D eigenvalue weighted by atomic mass is 10.0. The molecule has 1 atom stereocenters. The number of likely N-dealkylation sites (tertiary alicyclic amines) is 1. The number of hydrogen-bond acceptors (Lipinski definition) is 5. The number of carbonyl (C=O) groups is 1. The first-order valence-corrected chi connectivity index (χ1v) is 9.81. The van der Waals surface area contributed by atoms with Crippen molar-refractivity contribution in [3.63, 3.8) is 0 Å². The minimum Gasteiger partial charge on any atom is -0.463 e.